The first-order valence-corrected chi connectivity index (χ1v) is 8.52. The SMILES string of the molecule is COCCN(Cc1ccccc1)C(=O)NCCN(C)c1ccccc1. The molecule has 0 aliphatic carbocycles. The average Bonchev–Trinajstić information content (AvgIpc) is 2.66. The molecule has 0 heterocycles. The van der Waals surface area contributed by atoms with E-state index in [2.05, 4.69) is 22.3 Å². The van der Waals surface area contributed by atoms with Gasteiger partial charge in [-0.05, 0) is 17.7 Å². The summed E-state index contributed by atoms with van der Waals surface area (Å²) in [6.45, 7) is 2.99. The summed E-state index contributed by atoms with van der Waals surface area (Å²) in [6.07, 6.45) is 0. The Kier molecular flexibility index (Phi) is 7.79. The van der Waals surface area contributed by atoms with Gasteiger partial charge in [-0.1, -0.05) is 48.5 Å². The number of nitrogens with zero attached hydrogens (tertiary/aromatic N) is 2. The van der Waals surface area contributed by atoms with Crippen LogP contribution in [0.4, 0.5) is 10.5 Å². The maximum Gasteiger partial charge on any atom is 0.317 e. The molecule has 25 heavy (non-hydrogen) atoms. The molecule has 0 spiro atoms. The van der Waals surface area contributed by atoms with Crippen LogP contribution < -0.4 is 10.2 Å². The van der Waals surface area contributed by atoms with Gasteiger partial charge in [0.2, 0.25) is 0 Å². The van der Waals surface area contributed by atoms with Crippen molar-refractivity contribution in [1.29, 1.82) is 0 Å². The summed E-state index contributed by atoms with van der Waals surface area (Å²) in [5.41, 5.74) is 2.24. The Morgan fingerprint density at radius 3 is 2.28 bits per heavy atom. The molecule has 1 N–H and O–H groups in total. The van der Waals surface area contributed by atoms with Crippen molar-refractivity contribution in [2.24, 2.45) is 0 Å². The average molecular weight is 341 g/mol. The molecule has 0 bridgehead atoms. The molecular weight excluding hydrogens is 314 g/mol. The highest BCUT2D eigenvalue weighted by Crippen LogP contribution is 2.10. The van der Waals surface area contributed by atoms with Crippen molar-refractivity contribution in [3.8, 4) is 0 Å². The van der Waals surface area contributed by atoms with E-state index in [0.717, 1.165) is 17.8 Å². The van der Waals surface area contributed by atoms with Gasteiger partial charge < -0.3 is 19.9 Å². The van der Waals surface area contributed by atoms with Crippen molar-refractivity contribution in [3.63, 3.8) is 0 Å². The van der Waals surface area contributed by atoms with Crippen LogP contribution in [0.2, 0.25) is 0 Å². The number of methoxy groups -OCH3 is 1. The van der Waals surface area contributed by atoms with E-state index in [-0.39, 0.29) is 6.03 Å². The number of anilines is 1. The van der Waals surface area contributed by atoms with Gasteiger partial charge in [0, 0.05) is 46.0 Å². The van der Waals surface area contributed by atoms with Crippen LogP contribution in [-0.4, -0.2) is 51.3 Å². The Labute approximate surface area is 150 Å². The quantitative estimate of drug-likeness (QED) is 0.763. The van der Waals surface area contributed by atoms with Crippen LogP contribution in [-0.2, 0) is 11.3 Å². The lowest BCUT2D eigenvalue weighted by Gasteiger charge is -2.24. The molecule has 2 amide bonds. The molecule has 5 heteroatoms. The fourth-order valence-electron chi connectivity index (χ4n) is 2.51. The van der Waals surface area contributed by atoms with Crippen LogP contribution in [0.25, 0.3) is 0 Å². The van der Waals surface area contributed by atoms with Gasteiger partial charge in [0.05, 0.1) is 6.61 Å². The third kappa shape index (κ3) is 6.47. The Morgan fingerprint density at radius 2 is 1.64 bits per heavy atom. The van der Waals surface area contributed by atoms with E-state index in [0.29, 0.717) is 26.2 Å². The Hall–Kier alpha value is -2.53. The summed E-state index contributed by atoms with van der Waals surface area (Å²) in [4.78, 5) is 16.4. The second-order valence-corrected chi connectivity index (χ2v) is 5.89. The van der Waals surface area contributed by atoms with Crippen LogP contribution >= 0.6 is 0 Å². The lowest BCUT2D eigenvalue weighted by Crippen LogP contribution is -2.43. The van der Waals surface area contributed by atoms with Crippen LogP contribution in [0, 0.1) is 0 Å². The van der Waals surface area contributed by atoms with Crippen LogP contribution in [0.5, 0.6) is 0 Å². The molecule has 0 fully saturated rings. The normalized spacial score (nSPS) is 10.3. The number of amides is 2. The Bertz CT molecular complexity index is 619. The summed E-state index contributed by atoms with van der Waals surface area (Å²) in [5, 5.41) is 3.00. The molecule has 134 valence electrons. The molecular formula is C20H27N3O2. The number of likely N-dealkylation sites (N-methyl/N-ethyl adjacent to an activating group) is 1. The molecule has 0 aliphatic rings. The topological polar surface area (TPSA) is 44.8 Å². The van der Waals surface area contributed by atoms with Crippen molar-refractivity contribution < 1.29 is 9.53 Å². The van der Waals surface area contributed by atoms with Gasteiger partial charge >= 0.3 is 6.03 Å². The number of carbonyl (C=O) groups is 1. The number of nitrogens with one attached hydrogen (secondary N) is 1. The van der Waals surface area contributed by atoms with Gasteiger partial charge in [0.1, 0.15) is 0 Å². The lowest BCUT2D eigenvalue weighted by molar-refractivity contribution is 0.146. The maximum atomic E-state index is 12.5. The number of carbonyl (C=O) groups excluding carboxylic acids is 1. The molecule has 0 aromatic heterocycles. The van der Waals surface area contributed by atoms with Crippen LogP contribution in [0.3, 0.4) is 0 Å². The van der Waals surface area contributed by atoms with Gasteiger partial charge in [-0.2, -0.15) is 0 Å². The molecule has 5 nitrogen and oxygen atoms in total. The molecule has 0 unspecified atom stereocenters. The molecule has 2 rings (SSSR count). The molecule has 0 radical (unpaired) electrons. The highest BCUT2D eigenvalue weighted by Gasteiger charge is 2.13. The van der Waals surface area contributed by atoms with Crippen molar-refractivity contribution in [2.45, 2.75) is 6.54 Å². The van der Waals surface area contributed by atoms with Gasteiger partial charge in [-0.25, -0.2) is 4.79 Å². The van der Waals surface area contributed by atoms with Crippen molar-refractivity contribution in [2.75, 3.05) is 45.3 Å². The van der Waals surface area contributed by atoms with Gasteiger partial charge in [-0.15, -0.1) is 0 Å². The van der Waals surface area contributed by atoms with Crippen molar-refractivity contribution in [3.05, 3.63) is 66.2 Å². The fourth-order valence-corrected chi connectivity index (χ4v) is 2.51. The first kappa shape index (κ1) is 18.8. The number of hydrogen-bond acceptors (Lipinski definition) is 3. The summed E-state index contributed by atoms with van der Waals surface area (Å²) in [7, 11) is 3.67. The standard InChI is InChI=1S/C20H27N3O2/c1-22(19-11-7-4-8-12-19)14-13-21-20(24)23(15-16-25-2)17-18-9-5-3-6-10-18/h3-12H,13-17H2,1-2H3,(H,21,24). The van der Waals surface area contributed by atoms with E-state index >= 15 is 0 Å². The van der Waals surface area contributed by atoms with Gasteiger partial charge in [-0.3, -0.25) is 0 Å². The summed E-state index contributed by atoms with van der Waals surface area (Å²) in [5.74, 6) is 0. The molecule has 0 saturated carbocycles. The Morgan fingerprint density at radius 1 is 1.00 bits per heavy atom. The zero-order valence-corrected chi connectivity index (χ0v) is 15.0. The second kappa shape index (κ2) is 10.4. The highest BCUT2D eigenvalue weighted by molar-refractivity contribution is 5.74. The van der Waals surface area contributed by atoms with Crippen LogP contribution in [0.15, 0.2) is 60.7 Å². The third-order valence-electron chi connectivity index (χ3n) is 3.99. The zero-order valence-electron chi connectivity index (χ0n) is 15.0. The lowest BCUT2D eigenvalue weighted by atomic mass is 10.2. The zero-order chi connectivity index (χ0) is 17.9. The van der Waals surface area contributed by atoms with Crippen molar-refractivity contribution >= 4 is 11.7 Å². The smallest absolute Gasteiger partial charge is 0.317 e. The minimum absolute atomic E-state index is 0.0673. The first-order valence-electron chi connectivity index (χ1n) is 8.52. The number of urea groups is 1. The number of para-hydroxylation sites is 1. The van der Waals surface area contributed by atoms with Gasteiger partial charge in [0.25, 0.3) is 0 Å². The number of benzene rings is 2. The van der Waals surface area contributed by atoms with Gasteiger partial charge in [0.15, 0.2) is 0 Å². The van der Waals surface area contributed by atoms with E-state index in [1.54, 1.807) is 12.0 Å². The maximum absolute atomic E-state index is 12.5. The predicted molar refractivity (Wildman–Crippen MR) is 102 cm³/mol. The molecule has 2 aromatic carbocycles. The fraction of sp³-hybridized carbons (Fsp3) is 0.350. The minimum atomic E-state index is -0.0673. The van der Waals surface area contributed by atoms with E-state index in [1.807, 2.05) is 55.6 Å². The largest absolute Gasteiger partial charge is 0.383 e. The Balaban J connectivity index is 1.84. The number of rotatable bonds is 9. The number of ether oxygens (including phenoxy) is 1. The predicted octanol–water partition coefficient (Wildman–Crippen LogP) is 2.98. The van der Waals surface area contributed by atoms with Crippen molar-refractivity contribution in [1.82, 2.24) is 10.2 Å². The highest BCUT2D eigenvalue weighted by atomic mass is 16.5. The monoisotopic (exact) mass is 341 g/mol. The summed E-state index contributed by atoms with van der Waals surface area (Å²) >= 11 is 0. The van der Waals surface area contributed by atoms with E-state index in [4.69, 9.17) is 4.74 Å². The summed E-state index contributed by atoms with van der Waals surface area (Å²) < 4.78 is 5.13. The first-order chi connectivity index (χ1) is 12.2. The van der Waals surface area contributed by atoms with E-state index < -0.39 is 0 Å². The third-order valence-corrected chi connectivity index (χ3v) is 3.99. The molecule has 0 saturated heterocycles. The molecule has 0 aliphatic heterocycles. The minimum Gasteiger partial charge on any atom is -0.383 e. The van der Waals surface area contributed by atoms with E-state index in [9.17, 15) is 4.79 Å². The summed E-state index contributed by atoms with van der Waals surface area (Å²) in [6, 6.07) is 20.1. The number of hydrogen-bond donors (Lipinski definition) is 1. The van der Waals surface area contributed by atoms with Crippen LogP contribution in [0.1, 0.15) is 5.56 Å². The molecule has 2 aromatic rings. The second-order valence-electron chi connectivity index (χ2n) is 5.89. The molecule has 0 atom stereocenters. The van der Waals surface area contributed by atoms with E-state index in [1.165, 1.54) is 0 Å².